The Balaban J connectivity index is 2.26. The molecule has 20 heavy (non-hydrogen) atoms. The van der Waals surface area contributed by atoms with E-state index in [4.69, 9.17) is 15.2 Å². The maximum absolute atomic E-state index is 11.5. The topological polar surface area (TPSA) is 90.6 Å². The number of likely N-dealkylation sites (N-methyl/N-ethyl adjacent to an activating group) is 1. The highest BCUT2D eigenvalue weighted by Gasteiger charge is 2.16. The number of nitrogens with one attached hydrogen (secondary N) is 1. The lowest BCUT2D eigenvalue weighted by atomic mass is 10.3. The monoisotopic (exact) mass is 280 g/mol. The molecule has 0 saturated heterocycles. The van der Waals surface area contributed by atoms with Gasteiger partial charge in [0.15, 0.2) is 6.10 Å². The van der Waals surface area contributed by atoms with E-state index in [-0.39, 0.29) is 18.9 Å². The first-order valence-corrected chi connectivity index (χ1v) is 6.48. The molecule has 0 radical (unpaired) electrons. The quantitative estimate of drug-likeness (QED) is 0.576. The van der Waals surface area contributed by atoms with E-state index in [0.29, 0.717) is 18.0 Å². The normalized spacial score (nSPS) is 11.5. The van der Waals surface area contributed by atoms with Gasteiger partial charge in [0, 0.05) is 12.2 Å². The maximum atomic E-state index is 11.5. The number of nitrogen functional groups attached to an aromatic ring is 1. The van der Waals surface area contributed by atoms with Crippen molar-refractivity contribution in [3.05, 3.63) is 24.3 Å². The van der Waals surface area contributed by atoms with Crippen molar-refractivity contribution in [2.75, 3.05) is 18.9 Å². The summed E-state index contributed by atoms with van der Waals surface area (Å²) in [5.74, 6) is -0.150. The summed E-state index contributed by atoms with van der Waals surface area (Å²) < 4.78 is 10.3. The van der Waals surface area contributed by atoms with Crippen molar-refractivity contribution < 1.29 is 19.1 Å². The Morgan fingerprint density at radius 2 is 1.95 bits per heavy atom. The molecular formula is C14H20N2O4. The predicted molar refractivity (Wildman–Crippen MR) is 75.2 cm³/mol. The van der Waals surface area contributed by atoms with Gasteiger partial charge >= 0.3 is 5.97 Å². The van der Waals surface area contributed by atoms with Gasteiger partial charge in [-0.1, -0.05) is 0 Å². The first kappa shape index (κ1) is 15.8. The van der Waals surface area contributed by atoms with Crippen molar-refractivity contribution >= 4 is 17.6 Å². The fourth-order valence-corrected chi connectivity index (χ4v) is 1.44. The van der Waals surface area contributed by atoms with Crippen LogP contribution in [0.25, 0.3) is 0 Å². The number of hydrogen-bond donors (Lipinski definition) is 2. The molecular weight excluding hydrogens is 260 g/mol. The summed E-state index contributed by atoms with van der Waals surface area (Å²) in [5.41, 5.74) is 6.19. The Kier molecular flexibility index (Phi) is 6.36. The molecule has 1 aromatic rings. The zero-order chi connectivity index (χ0) is 15.0. The van der Waals surface area contributed by atoms with E-state index >= 15 is 0 Å². The number of hydrogen-bond acceptors (Lipinski definition) is 5. The number of rotatable bonds is 7. The molecule has 110 valence electrons. The van der Waals surface area contributed by atoms with Gasteiger partial charge in [-0.25, -0.2) is 0 Å². The van der Waals surface area contributed by atoms with Crippen LogP contribution in [0.15, 0.2) is 24.3 Å². The Bertz CT molecular complexity index is 445. The first-order valence-electron chi connectivity index (χ1n) is 6.48. The highest BCUT2D eigenvalue weighted by Crippen LogP contribution is 2.13. The Hall–Kier alpha value is -2.24. The van der Waals surface area contributed by atoms with Gasteiger partial charge in [-0.15, -0.1) is 0 Å². The number of anilines is 1. The first-order chi connectivity index (χ1) is 9.52. The number of carbonyl (C=O) groups is 2. The van der Waals surface area contributed by atoms with E-state index in [1.807, 2.05) is 0 Å². The van der Waals surface area contributed by atoms with Crippen LogP contribution in [0.5, 0.6) is 5.75 Å². The second-order valence-electron chi connectivity index (χ2n) is 4.19. The summed E-state index contributed by atoms with van der Waals surface area (Å²) in [6, 6.07) is 6.87. The average Bonchev–Trinajstić information content (AvgIpc) is 2.41. The molecule has 0 heterocycles. The summed E-state index contributed by atoms with van der Waals surface area (Å²) in [6.07, 6.45) is -0.715. The average molecular weight is 280 g/mol. The van der Waals surface area contributed by atoms with E-state index in [1.54, 1.807) is 31.2 Å². The van der Waals surface area contributed by atoms with Crippen molar-refractivity contribution in [1.29, 1.82) is 0 Å². The second-order valence-corrected chi connectivity index (χ2v) is 4.19. The van der Waals surface area contributed by atoms with E-state index in [0.717, 1.165) is 0 Å². The number of nitrogens with two attached hydrogens (primary N) is 1. The van der Waals surface area contributed by atoms with Crippen molar-refractivity contribution in [2.45, 2.75) is 26.4 Å². The number of esters is 1. The van der Waals surface area contributed by atoms with Gasteiger partial charge < -0.3 is 20.5 Å². The van der Waals surface area contributed by atoms with Crippen LogP contribution in [0.3, 0.4) is 0 Å². The van der Waals surface area contributed by atoms with Gasteiger partial charge in [-0.05, 0) is 38.1 Å². The predicted octanol–water partition coefficient (Wildman–Crippen LogP) is 1.11. The molecule has 0 spiro atoms. The zero-order valence-corrected chi connectivity index (χ0v) is 11.7. The number of amides is 1. The fourth-order valence-electron chi connectivity index (χ4n) is 1.44. The number of ether oxygens (including phenoxy) is 2. The van der Waals surface area contributed by atoms with Gasteiger partial charge in [0.1, 0.15) is 5.75 Å². The third kappa shape index (κ3) is 5.60. The minimum Gasteiger partial charge on any atom is -0.493 e. The summed E-state index contributed by atoms with van der Waals surface area (Å²) >= 11 is 0. The molecule has 0 aliphatic carbocycles. The summed E-state index contributed by atoms with van der Waals surface area (Å²) in [5, 5.41) is 2.58. The Labute approximate surface area is 118 Å². The van der Waals surface area contributed by atoms with Crippen molar-refractivity contribution in [2.24, 2.45) is 0 Å². The Morgan fingerprint density at radius 1 is 1.30 bits per heavy atom. The molecule has 6 nitrogen and oxygen atoms in total. The summed E-state index contributed by atoms with van der Waals surface area (Å²) in [7, 11) is 0. The van der Waals surface area contributed by atoms with Gasteiger partial charge in [-0.2, -0.15) is 0 Å². The van der Waals surface area contributed by atoms with E-state index in [2.05, 4.69) is 5.32 Å². The smallest absolute Gasteiger partial charge is 0.310 e. The molecule has 3 N–H and O–H groups in total. The lowest BCUT2D eigenvalue weighted by Crippen LogP contribution is -2.35. The number of carbonyl (C=O) groups excluding carboxylic acids is 2. The molecule has 6 heteroatoms. The molecule has 0 saturated carbocycles. The SMILES string of the molecule is CCNC(=O)C(C)OC(=O)CCOc1ccc(N)cc1. The standard InChI is InChI=1S/C14H20N2O4/c1-3-16-14(18)10(2)20-13(17)8-9-19-12-6-4-11(15)5-7-12/h4-7,10H,3,8-9,15H2,1-2H3,(H,16,18). The van der Waals surface area contributed by atoms with Crippen molar-refractivity contribution in [3.63, 3.8) is 0 Å². The zero-order valence-electron chi connectivity index (χ0n) is 11.7. The van der Waals surface area contributed by atoms with E-state index < -0.39 is 12.1 Å². The van der Waals surface area contributed by atoms with Crippen LogP contribution >= 0.6 is 0 Å². The van der Waals surface area contributed by atoms with Crippen LogP contribution in [0.1, 0.15) is 20.3 Å². The fraction of sp³-hybridized carbons (Fsp3) is 0.429. The molecule has 1 unspecified atom stereocenters. The lowest BCUT2D eigenvalue weighted by molar-refractivity contribution is -0.155. The van der Waals surface area contributed by atoms with Crippen molar-refractivity contribution in [1.82, 2.24) is 5.32 Å². The van der Waals surface area contributed by atoms with E-state index in [9.17, 15) is 9.59 Å². The summed E-state index contributed by atoms with van der Waals surface area (Å²) in [4.78, 5) is 22.9. The van der Waals surface area contributed by atoms with Crippen LogP contribution in [0.2, 0.25) is 0 Å². The van der Waals surface area contributed by atoms with Gasteiger partial charge in [-0.3, -0.25) is 9.59 Å². The minimum absolute atomic E-state index is 0.0775. The molecule has 0 fully saturated rings. The molecule has 1 rings (SSSR count). The molecule has 1 amide bonds. The van der Waals surface area contributed by atoms with Crippen molar-refractivity contribution in [3.8, 4) is 5.75 Å². The molecule has 0 aromatic heterocycles. The highest BCUT2D eigenvalue weighted by molar-refractivity contribution is 5.83. The van der Waals surface area contributed by atoms with E-state index in [1.165, 1.54) is 6.92 Å². The second kappa shape index (κ2) is 8.04. The maximum Gasteiger partial charge on any atom is 0.310 e. The van der Waals surface area contributed by atoms with Crippen LogP contribution < -0.4 is 15.8 Å². The Morgan fingerprint density at radius 3 is 2.55 bits per heavy atom. The molecule has 1 aromatic carbocycles. The van der Waals surface area contributed by atoms with Crippen LogP contribution in [-0.4, -0.2) is 31.1 Å². The molecule has 0 aliphatic rings. The molecule has 1 atom stereocenters. The third-order valence-electron chi connectivity index (χ3n) is 2.48. The largest absolute Gasteiger partial charge is 0.493 e. The summed E-state index contributed by atoms with van der Waals surface area (Å²) in [6.45, 7) is 4.02. The van der Waals surface area contributed by atoms with Crippen LogP contribution in [0.4, 0.5) is 5.69 Å². The lowest BCUT2D eigenvalue weighted by Gasteiger charge is -2.12. The van der Waals surface area contributed by atoms with Gasteiger partial charge in [0.05, 0.1) is 13.0 Å². The number of benzene rings is 1. The molecule has 0 aliphatic heterocycles. The van der Waals surface area contributed by atoms with Gasteiger partial charge in [0.2, 0.25) is 0 Å². The van der Waals surface area contributed by atoms with Gasteiger partial charge in [0.25, 0.3) is 5.91 Å². The van der Waals surface area contributed by atoms with Crippen LogP contribution in [-0.2, 0) is 14.3 Å². The van der Waals surface area contributed by atoms with Crippen LogP contribution in [0, 0.1) is 0 Å². The minimum atomic E-state index is -0.793. The molecule has 0 bridgehead atoms. The third-order valence-corrected chi connectivity index (χ3v) is 2.48. The highest BCUT2D eigenvalue weighted by atomic mass is 16.5.